The zero-order valence-electron chi connectivity index (χ0n) is 37.9. The van der Waals surface area contributed by atoms with Crippen molar-refractivity contribution in [3.8, 4) is 11.5 Å². The SMILES string of the molecule is CN=C(N)NCC(C)CCCC(CCCCC1O[C-](CCc2ccc(O)c(OCC(O)[C+]3C=C4C(=N3)CCC3CCCC3C4CNCC(C)O)c2)C=C1CO)CC(N)CCCO. The number of fused-ring (bicyclic) bond motifs is 2. The molecular weight excluding hydrogens is 785 g/mol. The van der Waals surface area contributed by atoms with Gasteiger partial charge in [-0.2, -0.15) is 11.6 Å². The first kappa shape index (κ1) is 49.7. The molecule has 9 unspecified atom stereocenters. The van der Waals surface area contributed by atoms with Crippen LogP contribution in [0, 0.1) is 41.7 Å². The number of ether oxygens (including phenoxy) is 2. The molecule has 2 aliphatic heterocycles. The summed E-state index contributed by atoms with van der Waals surface area (Å²) in [5, 5.41) is 58.0. The lowest BCUT2D eigenvalue weighted by atomic mass is 9.80. The fourth-order valence-electron chi connectivity index (χ4n) is 10.1. The zero-order valence-corrected chi connectivity index (χ0v) is 37.9. The van der Waals surface area contributed by atoms with Crippen molar-refractivity contribution in [2.24, 2.45) is 51.0 Å². The lowest BCUT2D eigenvalue weighted by Gasteiger charge is -2.25. The van der Waals surface area contributed by atoms with E-state index in [0.717, 1.165) is 113 Å². The predicted octanol–water partition coefficient (Wildman–Crippen LogP) is 5.63. The number of hydrogen-bond acceptors (Lipinski definition) is 11. The molecule has 2 aliphatic carbocycles. The quantitative estimate of drug-likeness (QED) is 0.0218. The van der Waals surface area contributed by atoms with Gasteiger partial charge in [0.25, 0.3) is 0 Å². The van der Waals surface area contributed by atoms with Gasteiger partial charge >= 0.3 is 0 Å². The number of phenols is 1. The molecule has 1 aromatic carbocycles. The molecule has 9 atom stereocenters. The second-order valence-corrected chi connectivity index (χ2v) is 18.7. The lowest BCUT2D eigenvalue weighted by Crippen LogP contribution is -2.34. The Kier molecular flexibility index (Phi) is 20.7. The van der Waals surface area contributed by atoms with Crippen LogP contribution in [0.15, 0.2) is 51.5 Å². The number of nitrogens with two attached hydrogens (primary N) is 2. The summed E-state index contributed by atoms with van der Waals surface area (Å²) in [6, 6.07) is 6.03. The monoisotopic (exact) mass is 865 g/mol. The van der Waals surface area contributed by atoms with E-state index in [4.69, 9.17) is 25.9 Å². The Morgan fingerprint density at radius 1 is 1.06 bits per heavy atom. The molecule has 0 aromatic heterocycles. The van der Waals surface area contributed by atoms with Crippen molar-refractivity contribution in [2.45, 2.75) is 147 Å². The van der Waals surface area contributed by atoms with Crippen molar-refractivity contribution in [2.75, 3.05) is 46.5 Å². The number of aliphatic hydroxyl groups is 4. The Labute approximate surface area is 371 Å². The van der Waals surface area contributed by atoms with Crippen LogP contribution >= 0.6 is 0 Å². The summed E-state index contributed by atoms with van der Waals surface area (Å²) in [6.45, 7) is 6.28. The van der Waals surface area contributed by atoms with Gasteiger partial charge in [0.15, 0.2) is 35.3 Å². The van der Waals surface area contributed by atoms with Crippen molar-refractivity contribution >= 4 is 11.7 Å². The van der Waals surface area contributed by atoms with Crippen molar-refractivity contribution in [3.63, 3.8) is 0 Å². The summed E-state index contributed by atoms with van der Waals surface area (Å²) in [5.41, 5.74) is 16.5. The average Bonchev–Trinajstić information content (AvgIpc) is 4.00. The highest BCUT2D eigenvalue weighted by atomic mass is 16.5. The van der Waals surface area contributed by atoms with Crippen LogP contribution in [0.2, 0.25) is 0 Å². The third-order valence-electron chi connectivity index (χ3n) is 13.6. The zero-order chi connectivity index (χ0) is 44.4. The summed E-state index contributed by atoms with van der Waals surface area (Å²) in [6.07, 6.45) is 20.3. The van der Waals surface area contributed by atoms with E-state index in [1.807, 2.05) is 18.2 Å². The van der Waals surface area contributed by atoms with Gasteiger partial charge in [-0.05, 0) is 99.7 Å². The van der Waals surface area contributed by atoms with Crippen molar-refractivity contribution in [3.05, 3.63) is 59.2 Å². The lowest BCUT2D eigenvalue weighted by molar-refractivity contribution is 0.102. The van der Waals surface area contributed by atoms with Crippen LogP contribution in [0.3, 0.4) is 0 Å². The molecule has 2 saturated carbocycles. The number of aryl methyl sites for hydroxylation is 1. The van der Waals surface area contributed by atoms with Gasteiger partial charge < -0.3 is 57.1 Å². The minimum Gasteiger partial charge on any atom is -0.504 e. The minimum atomic E-state index is -0.944. The fraction of sp³-hybridized carbons (Fsp3) is 0.714. The maximum absolute atomic E-state index is 11.3. The second-order valence-electron chi connectivity index (χ2n) is 18.7. The van der Waals surface area contributed by atoms with Crippen LogP contribution in [0.4, 0.5) is 0 Å². The third kappa shape index (κ3) is 15.5. The molecule has 0 radical (unpaired) electrons. The smallest absolute Gasteiger partial charge is 0.189 e. The van der Waals surface area contributed by atoms with Gasteiger partial charge in [0.1, 0.15) is 12.2 Å². The van der Waals surface area contributed by atoms with Gasteiger partial charge in [0.05, 0.1) is 18.1 Å². The number of unbranched alkanes of at least 4 members (excludes halogenated alkanes) is 1. The van der Waals surface area contributed by atoms with Crippen LogP contribution < -0.4 is 26.8 Å². The number of benzene rings is 1. The van der Waals surface area contributed by atoms with Gasteiger partial charge in [-0.25, -0.2) is 0 Å². The summed E-state index contributed by atoms with van der Waals surface area (Å²) in [7, 11) is 1.69. The second kappa shape index (κ2) is 25.9. The highest BCUT2D eigenvalue weighted by Crippen LogP contribution is 2.47. The molecule has 0 spiro atoms. The summed E-state index contributed by atoms with van der Waals surface area (Å²) < 4.78 is 12.4. The van der Waals surface area contributed by atoms with Crippen LogP contribution in [-0.2, 0) is 11.2 Å². The van der Waals surface area contributed by atoms with E-state index in [9.17, 15) is 25.5 Å². The average molecular weight is 865 g/mol. The molecule has 0 saturated heterocycles. The number of rotatable bonds is 28. The van der Waals surface area contributed by atoms with Crippen LogP contribution in [0.25, 0.3) is 0 Å². The van der Waals surface area contributed by atoms with E-state index in [0.29, 0.717) is 66.7 Å². The fourth-order valence-corrected chi connectivity index (χ4v) is 10.1. The largest absolute Gasteiger partial charge is 0.504 e. The molecule has 0 amide bonds. The van der Waals surface area contributed by atoms with Crippen LogP contribution in [0.5, 0.6) is 11.5 Å². The van der Waals surface area contributed by atoms with Gasteiger partial charge in [-0.1, -0.05) is 70.5 Å². The van der Waals surface area contributed by atoms with Crippen molar-refractivity contribution in [1.82, 2.24) is 10.6 Å². The third-order valence-corrected chi connectivity index (χ3v) is 13.6. The first-order valence-corrected chi connectivity index (χ1v) is 23.8. The summed E-state index contributed by atoms with van der Waals surface area (Å²) in [5.74, 6) is 3.40. The molecule has 11 N–H and O–H groups in total. The topological polar surface area (TPSA) is 220 Å². The number of hydrogen-bond donors (Lipinski definition) is 9. The summed E-state index contributed by atoms with van der Waals surface area (Å²) >= 11 is 0. The Morgan fingerprint density at radius 2 is 1.89 bits per heavy atom. The minimum absolute atomic E-state index is 0.0145. The molecule has 2 fully saturated rings. The van der Waals surface area contributed by atoms with Gasteiger partial charge in [-0.3, -0.25) is 4.99 Å². The number of phenolic OH excluding ortho intramolecular Hbond substituents is 1. The molecular formula is C49H80N6O7. The number of nitrogens with one attached hydrogen (secondary N) is 2. The molecule has 1 aromatic rings. The number of aliphatic hydroxyl groups excluding tert-OH is 4. The maximum atomic E-state index is 11.3. The number of aromatic hydroxyl groups is 1. The molecule has 5 rings (SSSR count). The normalized spacial score (nSPS) is 23.8. The van der Waals surface area contributed by atoms with Gasteiger partial charge in [0, 0.05) is 58.5 Å². The van der Waals surface area contributed by atoms with Gasteiger partial charge in [-0.15, -0.1) is 4.99 Å². The molecule has 4 aliphatic rings. The first-order chi connectivity index (χ1) is 30.0. The van der Waals surface area contributed by atoms with Gasteiger partial charge in [0.2, 0.25) is 0 Å². The Bertz CT molecular complexity index is 1620. The maximum Gasteiger partial charge on any atom is 0.189 e. The van der Waals surface area contributed by atoms with E-state index in [-0.39, 0.29) is 37.7 Å². The van der Waals surface area contributed by atoms with Crippen molar-refractivity contribution < 1.29 is 35.0 Å². The summed E-state index contributed by atoms with van der Waals surface area (Å²) in [4.78, 5) is 8.90. The number of nitrogens with zero attached hydrogens (tertiary/aromatic N) is 2. The standard InChI is InChI=1S/C49H80N6O7/c1-32(27-54-49(51)52-3)9-6-11-34(23-38(50)13-8-22-56)10-4-5-15-47-37(30-57)25-39(62-47)19-16-35-17-21-45(59)48(24-35)61-31-46(60)44-26-41-42(29-53-28-33(2)58)40-14-7-12-36(40)18-20-43(41)55-44/h17,21,24-26,32-34,36,38,40,42,46-47,53,56-60H,4-16,18-20,22-23,27-31,50H2,1-3H3,(H3,51,52,54). The van der Waals surface area contributed by atoms with Crippen molar-refractivity contribution in [1.29, 1.82) is 0 Å². The van der Waals surface area contributed by atoms with E-state index in [1.54, 1.807) is 20.0 Å². The number of guanidine groups is 1. The number of aliphatic imine (C=N–C) groups is 2. The Balaban J connectivity index is 1.06. The Hall–Kier alpha value is -3.30. The first-order valence-electron chi connectivity index (χ1n) is 23.8. The predicted molar refractivity (Wildman–Crippen MR) is 248 cm³/mol. The van der Waals surface area contributed by atoms with E-state index >= 15 is 0 Å². The molecule has 2 heterocycles. The van der Waals surface area contributed by atoms with E-state index < -0.39 is 12.2 Å². The molecule has 13 heteroatoms. The molecule has 13 nitrogen and oxygen atoms in total. The van der Waals surface area contributed by atoms with E-state index in [1.165, 1.54) is 24.8 Å². The van der Waals surface area contributed by atoms with E-state index in [2.05, 4.69) is 28.6 Å². The highest BCUT2D eigenvalue weighted by Gasteiger charge is 2.47. The molecule has 62 heavy (non-hydrogen) atoms. The molecule has 348 valence electrons. The Morgan fingerprint density at radius 3 is 2.66 bits per heavy atom. The van der Waals surface area contributed by atoms with Crippen LogP contribution in [0.1, 0.15) is 122 Å². The van der Waals surface area contributed by atoms with Crippen LogP contribution in [-0.4, -0.2) is 108 Å². The highest BCUT2D eigenvalue weighted by molar-refractivity contribution is 6.04. The molecule has 0 bridgehead atoms.